The van der Waals surface area contributed by atoms with Crippen molar-refractivity contribution in [1.29, 1.82) is 0 Å². The van der Waals surface area contributed by atoms with E-state index in [1.807, 2.05) is 24.4 Å². The summed E-state index contributed by atoms with van der Waals surface area (Å²) in [6.45, 7) is 0.513. The van der Waals surface area contributed by atoms with Gasteiger partial charge in [0, 0.05) is 12.6 Å². The third-order valence-corrected chi connectivity index (χ3v) is 2.60. The normalized spacial score (nSPS) is 20.2. The van der Waals surface area contributed by atoms with Crippen LogP contribution in [0.5, 0.6) is 0 Å². The molecule has 0 spiro atoms. The van der Waals surface area contributed by atoms with Crippen molar-refractivity contribution in [2.24, 2.45) is 4.99 Å². The average Bonchev–Trinajstić information content (AvgIpc) is 2.72. The highest BCUT2D eigenvalue weighted by Gasteiger charge is 2.24. The van der Waals surface area contributed by atoms with Crippen LogP contribution in [0.4, 0.5) is 0 Å². The number of hydrogen-bond acceptors (Lipinski definition) is 3. The molecule has 84 valence electrons. The highest BCUT2D eigenvalue weighted by atomic mass is 16.5. The summed E-state index contributed by atoms with van der Waals surface area (Å²) in [6, 6.07) is 10.00. The number of carbonyl (C=O) groups is 1. The van der Waals surface area contributed by atoms with Crippen LogP contribution in [0.3, 0.4) is 0 Å². The second-order valence-electron chi connectivity index (χ2n) is 3.83. The van der Waals surface area contributed by atoms with Crippen molar-refractivity contribution in [1.82, 2.24) is 0 Å². The Morgan fingerprint density at radius 3 is 2.88 bits per heavy atom. The minimum Gasteiger partial charge on any atom is -0.464 e. The first-order valence-corrected chi connectivity index (χ1v) is 5.58. The number of hydrogen-bond donors (Lipinski definition) is 0. The second-order valence-corrected chi connectivity index (χ2v) is 3.83. The zero-order valence-electron chi connectivity index (χ0n) is 9.13. The van der Waals surface area contributed by atoms with E-state index in [0.29, 0.717) is 6.61 Å². The largest absolute Gasteiger partial charge is 0.464 e. The Bertz CT molecular complexity index is 373. The van der Waals surface area contributed by atoms with E-state index in [1.54, 1.807) is 0 Å². The average molecular weight is 217 g/mol. The summed E-state index contributed by atoms with van der Waals surface area (Å²) in [5.41, 5.74) is 1.29. The van der Waals surface area contributed by atoms with Gasteiger partial charge in [-0.15, -0.1) is 0 Å². The number of cyclic esters (lactones) is 1. The molecule has 1 unspecified atom stereocenters. The van der Waals surface area contributed by atoms with E-state index in [1.165, 1.54) is 5.56 Å². The van der Waals surface area contributed by atoms with Crippen LogP contribution >= 0.6 is 0 Å². The summed E-state index contributed by atoms with van der Waals surface area (Å²) < 4.78 is 4.83. The zero-order chi connectivity index (χ0) is 11.2. The Balaban J connectivity index is 1.75. The Hall–Kier alpha value is -1.64. The van der Waals surface area contributed by atoms with Crippen LogP contribution in [0.25, 0.3) is 0 Å². The molecule has 3 heteroatoms. The lowest BCUT2D eigenvalue weighted by molar-refractivity contribution is -0.138. The second kappa shape index (κ2) is 5.45. The van der Waals surface area contributed by atoms with Crippen molar-refractivity contribution in [2.75, 3.05) is 6.61 Å². The molecule has 1 aliphatic rings. The molecule has 1 aromatic carbocycles. The van der Waals surface area contributed by atoms with Crippen LogP contribution in [-0.4, -0.2) is 24.8 Å². The predicted molar refractivity (Wildman–Crippen MR) is 62.6 cm³/mol. The molecule has 3 nitrogen and oxygen atoms in total. The molecule has 1 atom stereocenters. The van der Waals surface area contributed by atoms with E-state index in [2.05, 4.69) is 17.1 Å². The van der Waals surface area contributed by atoms with E-state index in [0.717, 1.165) is 19.3 Å². The lowest BCUT2D eigenvalue weighted by Crippen LogP contribution is -2.11. The van der Waals surface area contributed by atoms with Crippen LogP contribution in [0.1, 0.15) is 18.4 Å². The van der Waals surface area contributed by atoms with Gasteiger partial charge in [-0.2, -0.15) is 0 Å². The molecule has 0 radical (unpaired) electrons. The molecule has 16 heavy (non-hydrogen) atoms. The molecule has 1 aliphatic heterocycles. The Morgan fingerprint density at radius 2 is 2.19 bits per heavy atom. The van der Waals surface area contributed by atoms with Crippen molar-refractivity contribution in [3.63, 3.8) is 0 Å². The van der Waals surface area contributed by atoms with Gasteiger partial charge in [0.15, 0.2) is 0 Å². The summed E-state index contributed by atoms with van der Waals surface area (Å²) in [4.78, 5) is 15.3. The SMILES string of the molecule is O=C1OCCC1N=CCCc1ccccc1. The zero-order valence-corrected chi connectivity index (χ0v) is 9.13. The summed E-state index contributed by atoms with van der Waals surface area (Å²) in [5.74, 6) is -0.184. The Labute approximate surface area is 95.2 Å². The van der Waals surface area contributed by atoms with Crippen molar-refractivity contribution in [3.8, 4) is 0 Å². The van der Waals surface area contributed by atoms with Gasteiger partial charge in [0.25, 0.3) is 0 Å². The van der Waals surface area contributed by atoms with E-state index in [-0.39, 0.29) is 12.0 Å². The van der Waals surface area contributed by atoms with Gasteiger partial charge in [-0.05, 0) is 18.4 Å². The third-order valence-electron chi connectivity index (χ3n) is 2.60. The monoisotopic (exact) mass is 217 g/mol. The lowest BCUT2D eigenvalue weighted by Gasteiger charge is -1.98. The molecule has 0 aliphatic carbocycles. The molecule has 2 rings (SSSR count). The van der Waals surface area contributed by atoms with Gasteiger partial charge < -0.3 is 4.74 Å². The van der Waals surface area contributed by atoms with E-state index in [9.17, 15) is 4.79 Å². The van der Waals surface area contributed by atoms with Crippen molar-refractivity contribution in [3.05, 3.63) is 35.9 Å². The number of ether oxygens (including phenoxy) is 1. The molecule has 0 N–H and O–H groups in total. The van der Waals surface area contributed by atoms with Crippen LogP contribution in [-0.2, 0) is 16.0 Å². The number of esters is 1. The highest BCUT2D eigenvalue weighted by Crippen LogP contribution is 2.09. The molecular weight excluding hydrogens is 202 g/mol. The number of nitrogens with zero attached hydrogens (tertiary/aromatic N) is 1. The standard InChI is InChI=1S/C13H15NO2/c15-13-12(8-10-16-13)14-9-4-7-11-5-2-1-3-6-11/h1-3,5-6,9,12H,4,7-8,10H2. The number of benzene rings is 1. The third kappa shape index (κ3) is 2.92. The highest BCUT2D eigenvalue weighted by molar-refractivity contribution is 5.79. The van der Waals surface area contributed by atoms with Crippen molar-refractivity contribution >= 4 is 12.2 Å². The Kier molecular flexibility index (Phi) is 3.70. The number of carbonyl (C=O) groups excluding carboxylic acids is 1. The quantitative estimate of drug-likeness (QED) is 0.571. The summed E-state index contributed by atoms with van der Waals surface area (Å²) in [7, 11) is 0. The van der Waals surface area contributed by atoms with Crippen LogP contribution in [0.15, 0.2) is 35.3 Å². The van der Waals surface area contributed by atoms with Gasteiger partial charge in [-0.1, -0.05) is 30.3 Å². The topological polar surface area (TPSA) is 38.7 Å². The molecule has 0 aromatic heterocycles. The van der Waals surface area contributed by atoms with Gasteiger partial charge >= 0.3 is 5.97 Å². The maximum absolute atomic E-state index is 11.1. The van der Waals surface area contributed by atoms with Gasteiger partial charge in [-0.3, -0.25) is 4.99 Å². The summed E-state index contributed by atoms with van der Waals surface area (Å²) in [6.07, 6.45) is 4.39. The maximum atomic E-state index is 11.1. The van der Waals surface area contributed by atoms with Gasteiger partial charge in [0.1, 0.15) is 6.04 Å². The van der Waals surface area contributed by atoms with Gasteiger partial charge in [0.2, 0.25) is 0 Å². The van der Waals surface area contributed by atoms with E-state index < -0.39 is 0 Å². The Morgan fingerprint density at radius 1 is 1.38 bits per heavy atom. The predicted octanol–water partition coefficient (Wildman–Crippen LogP) is 2.01. The minimum atomic E-state index is -0.254. The molecule has 1 heterocycles. The maximum Gasteiger partial charge on any atom is 0.330 e. The fourth-order valence-electron chi connectivity index (χ4n) is 1.70. The summed E-state index contributed by atoms with van der Waals surface area (Å²) >= 11 is 0. The first-order chi connectivity index (χ1) is 7.86. The van der Waals surface area contributed by atoms with Crippen molar-refractivity contribution in [2.45, 2.75) is 25.3 Å². The van der Waals surface area contributed by atoms with Crippen LogP contribution in [0, 0.1) is 0 Å². The van der Waals surface area contributed by atoms with Crippen LogP contribution < -0.4 is 0 Å². The number of rotatable bonds is 4. The minimum absolute atomic E-state index is 0.184. The first-order valence-electron chi connectivity index (χ1n) is 5.58. The molecule has 1 fully saturated rings. The van der Waals surface area contributed by atoms with Crippen molar-refractivity contribution < 1.29 is 9.53 Å². The fraction of sp³-hybridized carbons (Fsp3) is 0.385. The van der Waals surface area contributed by atoms with E-state index in [4.69, 9.17) is 4.74 Å². The van der Waals surface area contributed by atoms with Gasteiger partial charge in [0.05, 0.1) is 6.61 Å². The van der Waals surface area contributed by atoms with E-state index >= 15 is 0 Å². The fourth-order valence-corrected chi connectivity index (χ4v) is 1.70. The molecular formula is C13H15NO2. The number of aryl methyl sites for hydroxylation is 1. The lowest BCUT2D eigenvalue weighted by atomic mass is 10.1. The molecule has 0 saturated carbocycles. The van der Waals surface area contributed by atoms with Gasteiger partial charge in [-0.25, -0.2) is 4.79 Å². The smallest absolute Gasteiger partial charge is 0.330 e. The number of aliphatic imine (C=N–C) groups is 1. The molecule has 1 aromatic rings. The summed E-state index contributed by atoms with van der Waals surface area (Å²) in [5, 5.41) is 0. The van der Waals surface area contributed by atoms with Crippen LogP contribution in [0.2, 0.25) is 0 Å². The first kappa shape index (κ1) is 10.9. The molecule has 0 bridgehead atoms. The molecule has 1 saturated heterocycles. The molecule has 0 amide bonds.